The highest BCUT2D eigenvalue weighted by Gasteiger charge is 2.10. The fraction of sp³-hybridized carbons (Fsp3) is 0.714. The fourth-order valence-corrected chi connectivity index (χ4v) is 1.28. The van der Waals surface area contributed by atoms with Crippen molar-refractivity contribution in [2.75, 3.05) is 0 Å². The summed E-state index contributed by atoms with van der Waals surface area (Å²) in [5.74, 6) is 0.498. The SMILES string of the molecule is CC(C)Sc1nnc(C(C)N)o1. The first-order valence-corrected chi connectivity index (χ1v) is 4.73. The van der Waals surface area contributed by atoms with E-state index in [-0.39, 0.29) is 6.04 Å². The summed E-state index contributed by atoms with van der Waals surface area (Å²) in [6, 6.07) is -0.181. The van der Waals surface area contributed by atoms with Gasteiger partial charge in [-0.2, -0.15) is 0 Å². The third-order valence-electron chi connectivity index (χ3n) is 1.15. The first-order valence-electron chi connectivity index (χ1n) is 3.85. The van der Waals surface area contributed by atoms with E-state index in [9.17, 15) is 0 Å². The molecule has 0 aromatic carbocycles. The van der Waals surface area contributed by atoms with Crippen molar-refractivity contribution in [1.29, 1.82) is 0 Å². The maximum Gasteiger partial charge on any atom is 0.276 e. The number of nitrogens with two attached hydrogens (primary N) is 1. The van der Waals surface area contributed by atoms with Crippen molar-refractivity contribution in [3.8, 4) is 0 Å². The summed E-state index contributed by atoms with van der Waals surface area (Å²) in [5, 5.41) is 8.70. The maximum atomic E-state index is 5.55. The van der Waals surface area contributed by atoms with Crippen LogP contribution in [0.25, 0.3) is 0 Å². The molecule has 1 aromatic heterocycles. The summed E-state index contributed by atoms with van der Waals surface area (Å²) < 4.78 is 5.27. The van der Waals surface area contributed by atoms with E-state index < -0.39 is 0 Å². The summed E-state index contributed by atoms with van der Waals surface area (Å²) >= 11 is 1.54. The molecule has 1 atom stereocenters. The smallest absolute Gasteiger partial charge is 0.276 e. The van der Waals surface area contributed by atoms with Crippen LogP contribution in [0.4, 0.5) is 0 Å². The van der Waals surface area contributed by atoms with Gasteiger partial charge in [0.2, 0.25) is 5.89 Å². The quantitative estimate of drug-likeness (QED) is 0.728. The molecule has 1 heterocycles. The van der Waals surface area contributed by atoms with Gasteiger partial charge in [0.05, 0.1) is 6.04 Å². The van der Waals surface area contributed by atoms with Crippen molar-refractivity contribution in [3.05, 3.63) is 5.89 Å². The third kappa shape index (κ3) is 2.49. The van der Waals surface area contributed by atoms with Crippen LogP contribution in [0.5, 0.6) is 0 Å². The van der Waals surface area contributed by atoms with Gasteiger partial charge in [-0.15, -0.1) is 10.2 Å². The molecule has 0 radical (unpaired) electrons. The van der Waals surface area contributed by atoms with E-state index in [4.69, 9.17) is 10.2 Å². The number of rotatable bonds is 3. The highest BCUT2D eigenvalue weighted by atomic mass is 32.2. The Morgan fingerprint density at radius 1 is 1.33 bits per heavy atom. The Balaban J connectivity index is 2.64. The van der Waals surface area contributed by atoms with Crippen LogP contribution in [0.15, 0.2) is 9.64 Å². The number of thioether (sulfide) groups is 1. The Kier molecular flexibility index (Phi) is 3.11. The Morgan fingerprint density at radius 2 is 2.00 bits per heavy atom. The minimum atomic E-state index is -0.181. The normalized spacial score (nSPS) is 13.8. The van der Waals surface area contributed by atoms with Crippen LogP contribution in [0, 0.1) is 0 Å². The number of hydrogen-bond acceptors (Lipinski definition) is 5. The largest absolute Gasteiger partial charge is 0.414 e. The highest BCUT2D eigenvalue weighted by molar-refractivity contribution is 7.99. The summed E-state index contributed by atoms with van der Waals surface area (Å²) in [6.45, 7) is 5.96. The van der Waals surface area contributed by atoms with Gasteiger partial charge in [-0.1, -0.05) is 25.6 Å². The van der Waals surface area contributed by atoms with E-state index in [1.165, 1.54) is 0 Å². The van der Waals surface area contributed by atoms with Crippen molar-refractivity contribution >= 4 is 11.8 Å². The molecule has 0 saturated heterocycles. The topological polar surface area (TPSA) is 64.9 Å². The average Bonchev–Trinajstić information content (AvgIpc) is 2.34. The lowest BCUT2D eigenvalue weighted by molar-refractivity contribution is 0.393. The van der Waals surface area contributed by atoms with Crippen LogP contribution in [0.1, 0.15) is 32.7 Å². The molecule has 2 N–H and O–H groups in total. The second-order valence-corrected chi connectivity index (χ2v) is 4.39. The van der Waals surface area contributed by atoms with Crippen LogP contribution in [-0.2, 0) is 0 Å². The zero-order valence-corrected chi connectivity index (χ0v) is 8.26. The number of hydrogen-bond donors (Lipinski definition) is 1. The van der Waals surface area contributed by atoms with Crippen LogP contribution >= 0.6 is 11.8 Å². The Morgan fingerprint density at radius 3 is 2.42 bits per heavy atom. The van der Waals surface area contributed by atoms with Crippen molar-refractivity contribution in [3.63, 3.8) is 0 Å². The molecule has 0 aliphatic heterocycles. The fourth-order valence-electron chi connectivity index (χ4n) is 0.654. The monoisotopic (exact) mass is 187 g/mol. The van der Waals surface area contributed by atoms with Gasteiger partial charge >= 0.3 is 0 Å². The van der Waals surface area contributed by atoms with Gasteiger partial charge in [-0.25, -0.2) is 0 Å². The molecule has 0 fully saturated rings. The van der Waals surface area contributed by atoms with E-state index in [1.807, 2.05) is 6.92 Å². The van der Waals surface area contributed by atoms with Gasteiger partial charge in [0, 0.05) is 5.25 Å². The average molecular weight is 187 g/mol. The molecule has 1 unspecified atom stereocenters. The molecule has 0 amide bonds. The Hall–Kier alpha value is -0.550. The molecule has 1 aromatic rings. The summed E-state index contributed by atoms with van der Waals surface area (Å²) in [5.41, 5.74) is 5.55. The molecule has 0 saturated carbocycles. The van der Waals surface area contributed by atoms with Crippen LogP contribution in [0.3, 0.4) is 0 Å². The van der Waals surface area contributed by atoms with E-state index in [1.54, 1.807) is 11.8 Å². The van der Waals surface area contributed by atoms with Crippen molar-refractivity contribution in [2.45, 2.75) is 37.3 Å². The third-order valence-corrected chi connectivity index (χ3v) is 1.99. The van der Waals surface area contributed by atoms with Crippen LogP contribution < -0.4 is 5.73 Å². The predicted molar refractivity (Wildman–Crippen MR) is 47.9 cm³/mol. The van der Waals surface area contributed by atoms with Gasteiger partial charge in [0.15, 0.2) is 0 Å². The lowest BCUT2D eigenvalue weighted by Crippen LogP contribution is -2.04. The standard InChI is InChI=1S/C7H13N3OS/c1-4(2)12-7-10-9-6(11-7)5(3)8/h4-5H,8H2,1-3H3. The number of aromatic nitrogens is 2. The first-order chi connectivity index (χ1) is 5.59. The molecule has 4 nitrogen and oxygen atoms in total. The Bertz CT molecular complexity index is 247. The summed E-state index contributed by atoms with van der Waals surface area (Å²) in [6.07, 6.45) is 0. The van der Waals surface area contributed by atoms with Gasteiger partial charge < -0.3 is 10.2 Å². The second kappa shape index (κ2) is 3.91. The van der Waals surface area contributed by atoms with Crippen LogP contribution in [0.2, 0.25) is 0 Å². The van der Waals surface area contributed by atoms with Gasteiger partial charge in [-0.05, 0) is 6.92 Å². The lowest BCUT2D eigenvalue weighted by Gasteiger charge is -1.97. The van der Waals surface area contributed by atoms with E-state index >= 15 is 0 Å². The maximum absolute atomic E-state index is 5.55. The Labute approximate surface area is 75.9 Å². The molecule has 0 spiro atoms. The molecular formula is C7H13N3OS. The van der Waals surface area contributed by atoms with Gasteiger partial charge in [-0.3, -0.25) is 0 Å². The van der Waals surface area contributed by atoms with Gasteiger partial charge in [0.1, 0.15) is 0 Å². The van der Waals surface area contributed by atoms with Crippen molar-refractivity contribution in [1.82, 2.24) is 10.2 Å². The van der Waals surface area contributed by atoms with Gasteiger partial charge in [0.25, 0.3) is 5.22 Å². The summed E-state index contributed by atoms with van der Waals surface area (Å²) in [4.78, 5) is 0. The van der Waals surface area contributed by atoms with Crippen molar-refractivity contribution < 1.29 is 4.42 Å². The van der Waals surface area contributed by atoms with E-state index in [0.29, 0.717) is 16.4 Å². The first kappa shape index (κ1) is 9.54. The second-order valence-electron chi connectivity index (χ2n) is 2.86. The molecule has 1 rings (SSSR count). The van der Waals surface area contributed by atoms with Crippen molar-refractivity contribution in [2.24, 2.45) is 5.73 Å². The minimum Gasteiger partial charge on any atom is -0.414 e. The van der Waals surface area contributed by atoms with Crippen LogP contribution in [-0.4, -0.2) is 15.4 Å². The molecule has 0 aliphatic carbocycles. The van der Waals surface area contributed by atoms with E-state index in [2.05, 4.69) is 24.0 Å². The molecular weight excluding hydrogens is 174 g/mol. The molecule has 0 aliphatic rings. The molecule has 12 heavy (non-hydrogen) atoms. The zero-order valence-electron chi connectivity index (χ0n) is 7.44. The molecule has 0 bridgehead atoms. The van der Waals surface area contributed by atoms with E-state index in [0.717, 1.165) is 0 Å². The predicted octanol–water partition coefficient (Wildman–Crippen LogP) is 1.59. The molecule has 68 valence electrons. The number of nitrogens with zero attached hydrogens (tertiary/aromatic N) is 2. The summed E-state index contributed by atoms with van der Waals surface area (Å²) in [7, 11) is 0. The minimum absolute atomic E-state index is 0.181. The lowest BCUT2D eigenvalue weighted by atomic mass is 10.4. The zero-order chi connectivity index (χ0) is 9.14. The highest BCUT2D eigenvalue weighted by Crippen LogP contribution is 2.22. The molecule has 5 heteroatoms.